The van der Waals surface area contributed by atoms with Crippen LogP contribution in [-0.4, -0.2) is 16.3 Å². The van der Waals surface area contributed by atoms with E-state index < -0.39 is 0 Å². The van der Waals surface area contributed by atoms with Crippen molar-refractivity contribution >= 4 is 0 Å². The van der Waals surface area contributed by atoms with Crippen LogP contribution < -0.4 is 5.32 Å². The first kappa shape index (κ1) is 12.4. The lowest BCUT2D eigenvalue weighted by molar-refractivity contribution is 0.440. The quantitative estimate of drug-likeness (QED) is 0.810. The summed E-state index contributed by atoms with van der Waals surface area (Å²) in [5, 5.41) is 8.02. The van der Waals surface area contributed by atoms with Gasteiger partial charge in [0.25, 0.3) is 0 Å². The van der Waals surface area contributed by atoms with E-state index in [1.165, 1.54) is 30.5 Å². The molecule has 3 nitrogen and oxygen atoms in total. The number of hydrogen-bond acceptors (Lipinski definition) is 2. The Balaban J connectivity index is 1.83. The van der Waals surface area contributed by atoms with Crippen LogP contribution in [-0.2, 0) is 13.6 Å². The first-order chi connectivity index (χ1) is 8.18. The molecule has 1 aromatic rings. The highest BCUT2D eigenvalue weighted by molar-refractivity contribution is 5.23. The average Bonchev–Trinajstić information content (AvgIpc) is 2.57. The van der Waals surface area contributed by atoms with Crippen molar-refractivity contribution in [2.75, 3.05) is 6.54 Å². The molecule has 0 saturated carbocycles. The van der Waals surface area contributed by atoms with Gasteiger partial charge in [0.1, 0.15) is 0 Å². The van der Waals surface area contributed by atoms with Crippen molar-refractivity contribution in [1.82, 2.24) is 15.1 Å². The van der Waals surface area contributed by atoms with Crippen molar-refractivity contribution in [3.63, 3.8) is 0 Å². The van der Waals surface area contributed by atoms with Crippen LogP contribution in [0.25, 0.3) is 0 Å². The predicted octanol–water partition coefficient (Wildman–Crippen LogP) is 2.48. The van der Waals surface area contributed by atoms with Crippen molar-refractivity contribution in [1.29, 1.82) is 0 Å². The molecule has 1 atom stereocenters. The molecule has 17 heavy (non-hydrogen) atoms. The summed E-state index contributed by atoms with van der Waals surface area (Å²) in [7, 11) is 2.01. The van der Waals surface area contributed by atoms with Crippen LogP contribution in [0.5, 0.6) is 0 Å². The number of rotatable bonds is 4. The second-order valence-corrected chi connectivity index (χ2v) is 5.05. The molecular weight excluding hydrogens is 210 g/mol. The maximum absolute atomic E-state index is 4.44. The fourth-order valence-electron chi connectivity index (χ4n) is 2.52. The number of allylic oxidation sites excluding steroid dienone is 2. The largest absolute Gasteiger partial charge is 0.312 e. The summed E-state index contributed by atoms with van der Waals surface area (Å²) in [6.07, 6.45) is 8.42. The lowest BCUT2D eigenvalue weighted by atomic mass is 9.94. The van der Waals surface area contributed by atoms with Gasteiger partial charge in [-0.25, -0.2) is 0 Å². The van der Waals surface area contributed by atoms with Crippen molar-refractivity contribution in [2.45, 2.75) is 39.7 Å². The normalized spacial score (nSPS) is 19.8. The molecular formula is C14H23N3. The van der Waals surface area contributed by atoms with Crippen LogP contribution in [0.4, 0.5) is 0 Å². The highest BCUT2D eigenvalue weighted by Crippen LogP contribution is 2.17. The van der Waals surface area contributed by atoms with Gasteiger partial charge in [0, 0.05) is 24.8 Å². The van der Waals surface area contributed by atoms with Crippen molar-refractivity contribution in [3.05, 3.63) is 29.1 Å². The van der Waals surface area contributed by atoms with E-state index in [1.54, 1.807) is 0 Å². The van der Waals surface area contributed by atoms with E-state index >= 15 is 0 Å². The lowest BCUT2D eigenvalue weighted by Crippen LogP contribution is -2.23. The van der Waals surface area contributed by atoms with E-state index in [4.69, 9.17) is 0 Å². The number of nitrogens with zero attached hydrogens (tertiary/aromatic N) is 2. The second-order valence-electron chi connectivity index (χ2n) is 5.05. The molecule has 1 unspecified atom stereocenters. The third-order valence-electron chi connectivity index (χ3n) is 3.77. The third kappa shape index (κ3) is 2.97. The molecule has 0 aromatic carbocycles. The van der Waals surface area contributed by atoms with Crippen molar-refractivity contribution in [2.24, 2.45) is 13.0 Å². The molecule has 94 valence electrons. The molecule has 0 saturated heterocycles. The van der Waals surface area contributed by atoms with E-state index in [0.29, 0.717) is 0 Å². The van der Waals surface area contributed by atoms with Gasteiger partial charge < -0.3 is 5.32 Å². The summed E-state index contributed by atoms with van der Waals surface area (Å²) in [6.45, 7) is 6.30. The topological polar surface area (TPSA) is 29.9 Å². The van der Waals surface area contributed by atoms with Crippen LogP contribution in [0.3, 0.4) is 0 Å². The zero-order valence-corrected chi connectivity index (χ0v) is 11.2. The number of aryl methyl sites for hydroxylation is 2. The van der Waals surface area contributed by atoms with E-state index in [1.807, 2.05) is 11.7 Å². The van der Waals surface area contributed by atoms with Crippen LogP contribution in [0.1, 0.15) is 36.2 Å². The molecule has 0 amide bonds. The summed E-state index contributed by atoms with van der Waals surface area (Å²) >= 11 is 0. The van der Waals surface area contributed by atoms with Crippen molar-refractivity contribution < 1.29 is 0 Å². The number of hydrogen-bond donors (Lipinski definition) is 1. The van der Waals surface area contributed by atoms with Gasteiger partial charge >= 0.3 is 0 Å². The van der Waals surface area contributed by atoms with Gasteiger partial charge in [-0.3, -0.25) is 4.68 Å². The SMILES string of the molecule is Cc1nn(C)c(C)c1CNCC1CC=CCC1. The Morgan fingerprint density at radius 1 is 1.41 bits per heavy atom. The Morgan fingerprint density at radius 2 is 2.24 bits per heavy atom. The Hall–Kier alpha value is -1.09. The summed E-state index contributed by atoms with van der Waals surface area (Å²) < 4.78 is 1.97. The van der Waals surface area contributed by atoms with Crippen LogP contribution in [0, 0.1) is 19.8 Å². The van der Waals surface area contributed by atoms with E-state index in [0.717, 1.165) is 24.7 Å². The molecule has 2 rings (SSSR count). The minimum atomic E-state index is 0.817. The minimum absolute atomic E-state index is 0.817. The molecule has 1 N–H and O–H groups in total. The second kappa shape index (κ2) is 5.50. The smallest absolute Gasteiger partial charge is 0.0641 e. The Labute approximate surface area is 104 Å². The zero-order valence-electron chi connectivity index (χ0n) is 11.2. The highest BCUT2D eigenvalue weighted by atomic mass is 15.3. The molecule has 0 bridgehead atoms. The maximum atomic E-state index is 4.44. The van der Waals surface area contributed by atoms with Gasteiger partial charge in [0.05, 0.1) is 5.69 Å². The molecule has 1 heterocycles. The van der Waals surface area contributed by atoms with E-state index in [2.05, 4.69) is 36.4 Å². The summed E-state index contributed by atoms with van der Waals surface area (Å²) in [6, 6.07) is 0. The van der Waals surface area contributed by atoms with Gasteiger partial charge in [-0.2, -0.15) is 5.10 Å². The van der Waals surface area contributed by atoms with Gasteiger partial charge in [-0.05, 0) is 45.6 Å². The molecule has 0 spiro atoms. The third-order valence-corrected chi connectivity index (χ3v) is 3.77. The van der Waals surface area contributed by atoms with Gasteiger partial charge in [0.2, 0.25) is 0 Å². The van der Waals surface area contributed by atoms with Crippen LogP contribution in [0.15, 0.2) is 12.2 Å². The maximum Gasteiger partial charge on any atom is 0.0641 e. The summed E-state index contributed by atoms with van der Waals surface area (Å²) in [5.74, 6) is 0.817. The summed E-state index contributed by atoms with van der Waals surface area (Å²) in [5.41, 5.74) is 3.79. The number of nitrogens with one attached hydrogen (secondary N) is 1. The molecule has 0 fully saturated rings. The van der Waals surface area contributed by atoms with E-state index in [-0.39, 0.29) is 0 Å². The molecule has 1 aliphatic rings. The average molecular weight is 233 g/mol. The monoisotopic (exact) mass is 233 g/mol. The minimum Gasteiger partial charge on any atom is -0.312 e. The first-order valence-electron chi connectivity index (χ1n) is 6.53. The molecule has 1 aromatic heterocycles. The first-order valence-corrected chi connectivity index (χ1v) is 6.53. The predicted molar refractivity (Wildman–Crippen MR) is 70.9 cm³/mol. The lowest BCUT2D eigenvalue weighted by Gasteiger charge is -2.18. The standard InChI is InChI=1S/C14H23N3/c1-11-14(12(2)17(3)16-11)10-15-9-13-7-5-4-6-8-13/h4-5,13,15H,6-10H2,1-3H3. The summed E-state index contributed by atoms with van der Waals surface area (Å²) in [4.78, 5) is 0. The Kier molecular flexibility index (Phi) is 4.00. The zero-order chi connectivity index (χ0) is 12.3. The van der Waals surface area contributed by atoms with E-state index in [9.17, 15) is 0 Å². The van der Waals surface area contributed by atoms with Gasteiger partial charge in [-0.1, -0.05) is 12.2 Å². The Bertz CT molecular complexity index is 404. The molecule has 0 radical (unpaired) electrons. The van der Waals surface area contributed by atoms with Crippen LogP contribution >= 0.6 is 0 Å². The fraction of sp³-hybridized carbons (Fsp3) is 0.643. The van der Waals surface area contributed by atoms with Crippen molar-refractivity contribution in [3.8, 4) is 0 Å². The van der Waals surface area contributed by atoms with Crippen LogP contribution in [0.2, 0.25) is 0 Å². The van der Waals surface area contributed by atoms with Gasteiger partial charge in [-0.15, -0.1) is 0 Å². The molecule has 0 aliphatic heterocycles. The van der Waals surface area contributed by atoms with Gasteiger partial charge in [0.15, 0.2) is 0 Å². The molecule has 1 aliphatic carbocycles. The Morgan fingerprint density at radius 3 is 2.82 bits per heavy atom. The highest BCUT2D eigenvalue weighted by Gasteiger charge is 2.11. The fourth-order valence-corrected chi connectivity index (χ4v) is 2.52. The number of aromatic nitrogens is 2. The molecule has 3 heteroatoms.